The Morgan fingerprint density at radius 1 is 0.882 bits per heavy atom. The van der Waals surface area contributed by atoms with Crippen molar-refractivity contribution in [2.24, 2.45) is 35.5 Å². The fraction of sp³-hybridized carbons (Fsp3) is 1.00. The monoisotopic (exact) mass is 238 g/mol. The van der Waals surface area contributed by atoms with Gasteiger partial charge in [0.25, 0.3) is 0 Å². The average Bonchev–Trinajstić information content (AvgIpc) is 3.09. The summed E-state index contributed by atoms with van der Waals surface area (Å²) >= 11 is 0. The van der Waals surface area contributed by atoms with E-state index in [2.05, 4.69) is 41.5 Å². The van der Waals surface area contributed by atoms with Crippen LogP contribution in [0.3, 0.4) is 0 Å². The zero-order valence-electron chi connectivity index (χ0n) is 13.0. The molecule has 0 spiro atoms. The second kappa shape index (κ2) is 6.81. The first kappa shape index (κ1) is 15.1. The van der Waals surface area contributed by atoms with Gasteiger partial charge in [0.1, 0.15) is 0 Å². The van der Waals surface area contributed by atoms with Crippen molar-refractivity contribution < 1.29 is 0 Å². The quantitative estimate of drug-likeness (QED) is 0.504. The molecule has 0 N–H and O–H groups in total. The highest BCUT2D eigenvalue weighted by molar-refractivity contribution is 4.87. The van der Waals surface area contributed by atoms with Crippen molar-refractivity contribution in [1.82, 2.24) is 0 Å². The average molecular weight is 238 g/mol. The SMILES string of the molecule is CCC(C)C(C(C)CCC(C)C)C(C)C1CC1. The van der Waals surface area contributed by atoms with Gasteiger partial charge in [-0.1, -0.05) is 60.8 Å². The van der Waals surface area contributed by atoms with Crippen LogP contribution >= 0.6 is 0 Å². The molecule has 0 aromatic rings. The molecule has 1 saturated carbocycles. The molecule has 0 saturated heterocycles. The van der Waals surface area contributed by atoms with E-state index in [1.807, 2.05) is 0 Å². The molecule has 0 radical (unpaired) electrons. The van der Waals surface area contributed by atoms with E-state index < -0.39 is 0 Å². The fourth-order valence-electron chi connectivity index (χ4n) is 3.59. The lowest BCUT2D eigenvalue weighted by Gasteiger charge is -2.35. The van der Waals surface area contributed by atoms with Crippen LogP contribution in [0, 0.1) is 35.5 Å². The molecular formula is C17H34. The van der Waals surface area contributed by atoms with Crippen molar-refractivity contribution in [1.29, 1.82) is 0 Å². The molecule has 17 heavy (non-hydrogen) atoms. The van der Waals surface area contributed by atoms with Crippen LogP contribution < -0.4 is 0 Å². The molecule has 0 heterocycles. The predicted molar refractivity (Wildman–Crippen MR) is 78.1 cm³/mol. The van der Waals surface area contributed by atoms with Gasteiger partial charge in [-0.05, 0) is 48.3 Å². The van der Waals surface area contributed by atoms with Crippen molar-refractivity contribution in [3.63, 3.8) is 0 Å². The second-order valence-corrected chi connectivity index (χ2v) is 7.11. The molecule has 0 aromatic heterocycles. The van der Waals surface area contributed by atoms with E-state index in [1.54, 1.807) is 0 Å². The highest BCUT2D eigenvalue weighted by Crippen LogP contribution is 2.46. The van der Waals surface area contributed by atoms with Crippen molar-refractivity contribution >= 4 is 0 Å². The first-order valence-electron chi connectivity index (χ1n) is 7.97. The molecule has 102 valence electrons. The van der Waals surface area contributed by atoms with E-state index in [0.717, 1.165) is 35.5 Å². The van der Waals surface area contributed by atoms with Crippen LogP contribution in [0.5, 0.6) is 0 Å². The summed E-state index contributed by atoms with van der Waals surface area (Å²) in [6, 6.07) is 0. The summed E-state index contributed by atoms with van der Waals surface area (Å²) in [5, 5.41) is 0. The third kappa shape index (κ3) is 4.64. The molecular weight excluding hydrogens is 204 g/mol. The summed E-state index contributed by atoms with van der Waals surface area (Å²) in [4.78, 5) is 0. The smallest absolute Gasteiger partial charge is 0.0334 e. The molecule has 0 bridgehead atoms. The topological polar surface area (TPSA) is 0 Å². The minimum absolute atomic E-state index is 0.867. The Kier molecular flexibility index (Phi) is 6.03. The van der Waals surface area contributed by atoms with Crippen molar-refractivity contribution in [2.45, 2.75) is 73.6 Å². The molecule has 1 fully saturated rings. The second-order valence-electron chi connectivity index (χ2n) is 7.11. The van der Waals surface area contributed by atoms with Crippen LogP contribution in [0.4, 0.5) is 0 Å². The molecule has 0 aliphatic heterocycles. The molecule has 0 heteroatoms. The molecule has 0 aromatic carbocycles. The third-order valence-electron chi connectivity index (χ3n) is 5.13. The van der Waals surface area contributed by atoms with Gasteiger partial charge in [-0.3, -0.25) is 0 Å². The lowest BCUT2D eigenvalue weighted by molar-refractivity contribution is 0.143. The van der Waals surface area contributed by atoms with Gasteiger partial charge in [-0.15, -0.1) is 0 Å². The summed E-state index contributed by atoms with van der Waals surface area (Å²) in [6.07, 6.45) is 7.21. The maximum Gasteiger partial charge on any atom is -0.0334 e. The van der Waals surface area contributed by atoms with Crippen molar-refractivity contribution in [3.05, 3.63) is 0 Å². The van der Waals surface area contributed by atoms with E-state index in [-0.39, 0.29) is 0 Å². The van der Waals surface area contributed by atoms with Gasteiger partial charge in [-0.2, -0.15) is 0 Å². The Bertz CT molecular complexity index is 202. The van der Waals surface area contributed by atoms with Crippen molar-refractivity contribution in [3.8, 4) is 0 Å². The molecule has 1 aliphatic carbocycles. The van der Waals surface area contributed by atoms with E-state index in [1.165, 1.54) is 32.1 Å². The molecule has 4 atom stereocenters. The van der Waals surface area contributed by atoms with E-state index in [4.69, 9.17) is 0 Å². The van der Waals surface area contributed by atoms with E-state index in [0.29, 0.717) is 0 Å². The van der Waals surface area contributed by atoms with Gasteiger partial charge in [-0.25, -0.2) is 0 Å². The summed E-state index contributed by atoms with van der Waals surface area (Å²) in [5.74, 6) is 5.69. The third-order valence-corrected chi connectivity index (χ3v) is 5.13. The highest BCUT2D eigenvalue weighted by Gasteiger charge is 2.37. The molecule has 4 unspecified atom stereocenters. The Morgan fingerprint density at radius 2 is 1.47 bits per heavy atom. The maximum atomic E-state index is 2.53. The maximum absolute atomic E-state index is 2.53. The van der Waals surface area contributed by atoms with Gasteiger partial charge < -0.3 is 0 Å². The van der Waals surface area contributed by atoms with Crippen LogP contribution in [-0.2, 0) is 0 Å². The van der Waals surface area contributed by atoms with Crippen LogP contribution in [0.15, 0.2) is 0 Å². The van der Waals surface area contributed by atoms with E-state index >= 15 is 0 Å². The Balaban J connectivity index is 2.54. The Hall–Kier alpha value is 0. The van der Waals surface area contributed by atoms with Crippen LogP contribution in [-0.4, -0.2) is 0 Å². The minimum atomic E-state index is 0.867. The van der Waals surface area contributed by atoms with Gasteiger partial charge in [0.2, 0.25) is 0 Å². The van der Waals surface area contributed by atoms with Gasteiger partial charge in [0.05, 0.1) is 0 Å². The Labute approximate surface area is 110 Å². The standard InChI is InChI=1S/C17H34/c1-7-13(4)17(15(6)16-10-11-16)14(5)9-8-12(2)3/h12-17H,7-11H2,1-6H3. The van der Waals surface area contributed by atoms with Gasteiger partial charge in [0, 0.05) is 0 Å². The first-order chi connectivity index (χ1) is 7.97. The van der Waals surface area contributed by atoms with Gasteiger partial charge >= 0.3 is 0 Å². The summed E-state index contributed by atoms with van der Waals surface area (Å²) in [7, 11) is 0. The lowest BCUT2D eigenvalue weighted by atomic mass is 9.71. The number of hydrogen-bond acceptors (Lipinski definition) is 0. The van der Waals surface area contributed by atoms with Crippen molar-refractivity contribution in [2.75, 3.05) is 0 Å². The Morgan fingerprint density at radius 3 is 1.88 bits per heavy atom. The number of rotatable bonds is 8. The van der Waals surface area contributed by atoms with Crippen LogP contribution in [0.2, 0.25) is 0 Å². The normalized spacial score (nSPS) is 23.5. The summed E-state index contributed by atoms with van der Waals surface area (Å²) in [5.41, 5.74) is 0. The zero-order valence-corrected chi connectivity index (χ0v) is 13.0. The largest absolute Gasteiger partial charge is 0.0651 e. The number of hydrogen-bond donors (Lipinski definition) is 0. The molecule has 1 aliphatic rings. The summed E-state index contributed by atoms with van der Waals surface area (Å²) in [6.45, 7) is 14.6. The predicted octanol–water partition coefficient (Wildman–Crippen LogP) is 5.77. The highest BCUT2D eigenvalue weighted by atomic mass is 14.4. The first-order valence-corrected chi connectivity index (χ1v) is 7.97. The zero-order chi connectivity index (χ0) is 13.0. The molecule has 0 amide bonds. The minimum Gasteiger partial charge on any atom is -0.0651 e. The van der Waals surface area contributed by atoms with Gasteiger partial charge in [0.15, 0.2) is 0 Å². The lowest BCUT2D eigenvalue weighted by Crippen LogP contribution is -2.27. The van der Waals surface area contributed by atoms with Crippen LogP contribution in [0.25, 0.3) is 0 Å². The summed E-state index contributed by atoms with van der Waals surface area (Å²) < 4.78 is 0. The molecule has 0 nitrogen and oxygen atoms in total. The fourth-order valence-corrected chi connectivity index (χ4v) is 3.59. The van der Waals surface area contributed by atoms with E-state index in [9.17, 15) is 0 Å². The molecule has 1 rings (SSSR count). The van der Waals surface area contributed by atoms with Crippen LogP contribution in [0.1, 0.15) is 73.6 Å².